The Morgan fingerprint density at radius 1 is 1.32 bits per heavy atom. The zero-order valence-corrected chi connectivity index (χ0v) is 13.2. The van der Waals surface area contributed by atoms with E-state index in [0.717, 1.165) is 18.7 Å². The molecule has 0 amide bonds. The molecule has 0 aromatic carbocycles. The van der Waals surface area contributed by atoms with Gasteiger partial charge < -0.3 is 5.32 Å². The number of nitrogens with one attached hydrogen (secondary N) is 1. The Morgan fingerprint density at radius 3 is 2.42 bits per heavy atom. The van der Waals surface area contributed by atoms with Crippen molar-refractivity contribution in [3.8, 4) is 0 Å². The van der Waals surface area contributed by atoms with E-state index in [9.17, 15) is 0 Å². The van der Waals surface area contributed by atoms with Crippen molar-refractivity contribution in [1.29, 1.82) is 0 Å². The van der Waals surface area contributed by atoms with Crippen LogP contribution in [0.1, 0.15) is 57.8 Å². The highest BCUT2D eigenvalue weighted by molar-refractivity contribution is 5.12. The smallest absolute Gasteiger partial charge is 0.0596 e. The Labute approximate surface area is 117 Å². The Kier molecular flexibility index (Phi) is 4.05. The number of hydrogen-bond acceptors (Lipinski definition) is 2. The van der Waals surface area contributed by atoms with Crippen LogP contribution in [0.3, 0.4) is 0 Å². The molecule has 1 fully saturated rings. The maximum absolute atomic E-state index is 4.49. The maximum Gasteiger partial charge on any atom is 0.0596 e. The summed E-state index contributed by atoms with van der Waals surface area (Å²) in [4.78, 5) is 0. The van der Waals surface area contributed by atoms with E-state index in [2.05, 4.69) is 55.9 Å². The summed E-state index contributed by atoms with van der Waals surface area (Å²) in [5, 5.41) is 8.21. The first-order valence-electron chi connectivity index (χ1n) is 7.54. The second-order valence-corrected chi connectivity index (χ2v) is 7.39. The molecule has 0 radical (unpaired) electrons. The third-order valence-corrected chi connectivity index (χ3v) is 4.31. The molecule has 1 aliphatic rings. The summed E-state index contributed by atoms with van der Waals surface area (Å²) in [6.07, 6.45) is 6.61. The molecule has 1 aromatic rings. The van der Waals surface area contributed by atoms with E-state index in [0.29, 0.717) is 5.41 Å². The zero-order chi connectivity index (χ0) is 14.1. The van der Waals surface area contributed by atoms with Crippen LogP contribution in [0.4, 0.5) is 0 Å². The van der Waals surface area contributed by atoms with Gasteiger partial charge in [-0.2, -0.15) is 5.10 Å². The van der Waals surface area contributed by atoms with Crippen LogP contribution in [0.15, 0.2) is 6.07 Å². The third kappa shape index (κ3) is 3.82. The molecule has 1 saturated carbocycles. The predicted octanol–water partition coefficient (Wildman–Crippen LogP) is 3.22. The minimum atomic E-state index is 0.206. The highest BCUT2D eigenvalue weighted by Crippen LogP contribution is 2.40. The van der Waals surface area contributed by atoms with Crippen LogP contribution < -0.4 is 5.32 Å². The van der Waals surface area contributed by atoms with Gasteiger partial charge in [-0.3, -0.25) is 4.68 Å². The average molecular weight is 263 g/mol. The van der Waals surface area contributed by atoms with Gasteiger partial charge >= 0.3 is 0 Å². The average Bonchev–Trinajstić information content (AvgIpc) is 2.85. The van der Waals surface area contributed by atoms with E-state index in [4.69, 9.17) is 0 Å². The van der Waals surface area contributed by atoms with Crippen molar-refractivity contribution in [3.63, 3.8) is 0 Å². The van der Waals surface area contributed by atoms with Crippen molar-refractivity contribution in [2.24, 2.45) is 12.5 Å². The molecule has 0 saturated heterocycles. The van der Waals surface area contributed by atoms with Crippen molar-refractivity contribution >= 4 is 0 Å². The molecule has 0 bridgehead atoms. The highest BCUT2D eigenvalue weighted by atomic mass is 15.3. The predicted molar refractivity (Wildman–Crippen MR) is 80.3 cm³/mol. The Bertz CT molecular complexity index is 420. The summed E-state index contributed by atoms with van der Waals surface area (Å²) in [7, 11) is 2.07. The molecule has 3 nitrogen and oxygen atoms in total. The van der Waals surface area contributed by atoms with Gasteiger partial charge in [-0.1, -0.05) is 12.8 Å². The second-order valence-electron chi connectivity index (χ2n) is 7.39. The van der Waals surface area contributed by atoms with Gasteiger partial charge in [0.2, 0.25) is 0 Å². The van der Waals surface area contributed by atoms with E-state index in [1.165, 1.54) is 31.4 Å². The lowest BCUT2D eigenvalue weighted by molar-refractivity contribution is 0.240. The number of hydrogen-bond donors (Lipinski definition) is 1. The minimum absolute atomic E-state index is 0.206. The van der Waals surface area contributed by atoms with Crippen LogP contribution in [-0.2, 0) is 13.5 Å². The van der Waals surface area contributed by atoms with Gasteiger partial charge in [0.05, 0.1) is 5.69 Å². The molecule has 19 heavy (non-hydrogen) atoms. The lowest BCUT2D eigenvalue weighted by Gasteiger charge is -2.33. The molecule has 0 aliphatic heterocycles. The summed E-state index contributed by atoms with van der Waals surface area (Å²) in [6.45, 7) is 9.97. The largest absolute Gasteiger partial charge is 0.312 e. The van der Waals surface area contributed by atoms with Crippen LogP contribution in [0, 0.1) is 12.3 Å². The van der Waals surface area contributed by atoms with Crippen LogP contribution in [0.2, 0.25) is 0 Å². The lowest BCUT2D eigenvalue weighted by Crippen LogP contribution is -2.44. The second kappa shape index (κ2) is 5.28. The number of aryl methyl sites for hydroxylation is 2. The number of rotatable bonds is 4. The zero-order valence-electron chi connectivity index (χ0n) is 13.2. The molecule has 0 atom stereocenters. The molecule has 1 aromatic heterocycles. The summed E-state index contributed by atoms with van der Waals surface area (Å²) in [5.74, 6) is 0. The van der Waals surface area contributed by atoms with Crippen LogP contribution in [-0.4, -0.2) is 21.9 Å². The first-order valence-corrected chi connectivity index (χ1v) is 7.54. The Balaban J connectivity index is 2.09. The van der Waals surface area contributed by atoms with Crippen LogP contribution in [0.25, 0.3) is 0 Å². The van der Waals surface area contributed by atoms with Crippen LogP contribution >= 0.6 is 0 Å². The van der Waals surface area contributed by atoms with Gasteiger partial charge in [0.15, 0.2) is 0 Å². The van der Waals surface area contributed by atoms with Gasteiger partial charge in [-0.05, 0) is 58.4 Å². The molecule has 2 rings (SSSR count). The molecule has 0 unspecified atom stereocenters. The fourth-order valence-corrected chi connectivity index (χ4v) is 3.21. The quantitative estimate of drug-likeness (QED) is 0.904. The third-order valence-electron chi connectivity index (χ3n) is 4.31. The molecule has 1 heterocycles. The summed E-state index contributed by atoms with van der Waals surface area (Å²) >= 11 is 0. The van der Waals surface area contributed by atoms with E-state index in [-0.39, 0.29) is 5.54 Å². The van der Waals surface area contributed by atoms with E-state index in [1.54, 1.807) is 0 Å². The minimum Gasteiger partial charge on any atom is -0.312 e. The van der Waals surface area contributed by atoms with Gasteiger partial charge in [-0.15, -0.1) is 0 Å². The molecule has 1 aliphatic carbocycles. The van der Waals surface area contributed by atoms with Crippen molar-refractivity contribution < 1.29 is 0 Å². The molecule has 3 heteroatoms. The van der Waals surface area contributed by atoms with Crippen molar-refractivity contribution in [3.05, 3.63) is 17.5 Å². The molecular formula is C16H29N3. The lowest BCUT2D eigenvalue weighted by atomic mass is 9.80. The summed E-state index contributed by atoms with van der Waals surface area (Å²) in [5.41, 5.74) is 3.16. The first-order chi connectivity index (χ1) is 8.80. The Morgan fingerprint density at radius 2 is 1.95 bits per heavy atom. The monoisotopic (exact) mass is 263 g/mol. The normalized spacial score (nSPS) is 19.0. The molecular weight excluding hydrogens is 234 g/mol. The topological polar surface area (TPSA) is 29.9 Å². The maximum atomic E-state index is 4.49. The summed E-state index contributed by atoms with van der Waals surface area (Å²) < 4.78 is 2.06. The first kappa shape index (κ1) is 14.6. The van der Waals surface area contributed by atoms with Gasteiger partial charge in [0, 0.05) is 24.8 Å². The van der Waals surface area contributed by atoms with Crippen molar-refractivity contribution in [2.45, 2.75) is 65.3 Å². The van der Waals surface area contributed by atoms with Crippen LogP contribution in [0.5, 0.6) is 0 Å². The van der Waals surface area contributed by atoms with Gasteiger partial charge in [0.1, 0.15) is 0 Å². The molecule has 108 valence electrons. The number of nitrogens with zero attached hydrogens (tertiary/aromatic N) is 2. The van der Waals surface area contributed by atoms with E-state index >= 15 is 0 Å². The van der Waals surface area contributed by atoms with Crippen molar-refractivity contribution in [2.75, 3.05) is 6.54 Å². The molecule has 1 N–H and O–H groups in total. The Hall–Kier alpha value is -0.830. The number of aromatic nitrogens is 2. The summed E-state index contributed by atoms with van der Waals surface area (Å²) in [6, 6.07) is 2.25. The highest BCUT2D eigenvalue weighted by Gasteiger charge is 2.35. The van der Waals surface area contributed by atoms with Gasteiger partial charge in [-0.25, -0.2) is 0 Å². The fourth-order valence-electron chi connectivity index (χ4n) is 3.21. The SMILES string of the molecule is Cc1cc(CC2(CNC(C)(C)C)CCCC2)n(C)n1. The van der Waals surface area contributed by atoms with E-state index in [1.807, 2.05) is 0 Å². The van der Waals surface area contributed by atoms with Crippen molar-refractivity contribution in [1.82, 2.24) is 15.1 Å². The molecule has 0 spiro atoms. The fraction of sp³-hybridized carbons (Fsp3) is 0.812. The standard InChI is InChI=1S/C16H29N3/c1-13-10-14(19(5)18-13)11-16(8-6-7-9-16)12-17-15(2,3)4/h10,17H,6-9,11-12H2,1-5H3. The van der Waals surface area contributed by atoms with E-state index < -0.39 is 0 Å². The van der Waals surface area contributed by atoms with Gasteiger partial charge in [0.25, 0.3) is 0 Å².